The number of rotatable bonds is 6. The van der Waals surface area contributed by atoms with Gasteiger partial charge in [-0.25, -0.2) is 9.78 Å². The van der Waals surface area contributed by atoms with Crippen LogP contribution in [0.2, 0.25) is 0 Å². The number of nitrogens with zero attached hydrogens (tertiary/aromatic N) is 1. The number of hydrogen-bond acceptors (Lipinski definition) is 6. The average molecular weight is 286 g/mol. The molecule has 1 amide bonds. The number of amides is 1. The molecular weight excluding hydrogens is 272 g/mol. The summed E-state index contributed by atoms with van der Waals surface area (Å²) in [7, 11) is 1.22. The molecule has 0 saturated carbocycles. The molecule has 7 nitrogen and oxygen atoms in total. The highest BCUT2D eigenvalue weighted by molar-refractivity contribution is 7.11. The van der Waals surface area contributed by atoms with Gasteiger partial charge in [0.1, 0.15) is 10.9 Å². The maximum Gasteiger partial charge on any atom is 0.326 e. The van der Waals surface area contributed by atoms with Crippen molar-refractivity contribution in [1.82, 2.24) is 10.3 Å². The van der Waals surface area contributed by atoms with E-state index in [1.165, 1.54) is 12.6 Å². The predicted molar refractivity (Wildman–Crippen MR) is 67.0 cm³/mol. The number of carbonyl (C=O) groups is 3. The summed E-state index contributed by atoms with van der Waals surface area (Å²) in [6, 6.07) is -1.13. The normalized spacial score (nSPS) is 11.7. The van der Waals surface area contributed by atoms with Gasteiger partial charge in [0.25, 0.3) is 5.91 Å². The summed E-state index contributed by atoms with van der Waals surface area (Å²) >= 11 is 1.13. The second-order valence-corrected chi connectivity index (χ2v) is 4.60. The Bertz CT molecular complexity index is 485. The summed E-state index contributed by atoms with van der Waals surface area (Å²) in [5.74, 6) is -2.22. The van der Waals surface area contributed by atoms with Crippen LogP contribution in [0.3, 0.4) is 0 Å². The van der Waals surface area contributed by atoms with Gasteiger partial charge in [-0.15, -0.1) is 11.3 Å². The van der Waals surface area contributed by atoms with Crippen LogP contribution < -0.4 is 5.32 Å². The van der Waals surface area contributed by atoms with Crippen molar-refractivity contribution in [1.29, 1.82) is 0 Å². The third-order valence-corrected chi connectivity index (χ3v) is 3.35. The van der Waals surface area contributed by atoms with Crippen LogP contribution in [0.15, 0.2) is 5.51 Å². The molecule has 0 radical (unpaired) electrons. The largest absolute Gasteiger partial charge is 0.480 e. The number of esters is 1. The highest BCUT2D eigenvalue weighted by Gasteiger charge is 2.23. The van der Waals surface area contributed by atoms with Crippen molar-refractivity contribution < 1.29 is 24.2 Å². The van der Waals surface area contributed by atoms with E-state index in [-0.39, 0.29) is 12.8 Å². The highest BCUT2D eigenvalue weighted by Crippen LogP contribution is 2.12. The molecule has 0 aliphatic rings. The molecule has 0 saturated heterocycles. The number of hydrogen-bond donors (Lipinski definition) is 2. The smallest absolute Gasteiger partial charge is 0.326 e. The van der Waals surface area contributed by atoms with Crippen molar-refractivity contribution in [2.24, 2.45) is 0 Å². The Labute approximate surface area is 113 Å². The maximum atomic E-state index is 11.8. The molecule has 1 aromatic heterocycles. The lowest BCUT2D eigenvalue weighted by Gasteiger charge is -2.13. The lowest BCUT2D eigenvalue weighted by atomic mass is 10.1. The minimum atomic E-state index is -1.19. The molecule has 1 atom stereocenters. The second-order valence-electron chi connectivity index (χ2n) is 3.75. The molecule has 1 rings (SSSR count). The van der Waals surface area contributed by atoms with Gasteiger partial charge in [-0.1, -0.05) is 0 Å². The molecule has 1 heterocycles. The first-order valence-electron chi connectivity index (χ1n) is 5.46. The Morgan fingerprint density at radius 2 is 2.21 bits per heavy atom. The molecule has 2 N–H and O–H groups in total. The lowest BCUT2D eigenvalue weighted by molar-refractivity contribution is -0.142. The van der Waals surface area contributed by atoms with E-state index in [9.17, 15) is 14.4 Å². The number of aryl methyl sites for hydroxylation is 1. The summed E-state index contributed by atoms with van der Waals surface area (Å²) in [5, 5.41) is 11.4. The number of methoxy groups -OCH3 is 1. The number of aromatic nitrogens is 1. The maximum absolute atomic E-state index is 11.8. The van der Waals surface area contributed by atoms with Crippen molar-refractivity contribution in [3.63, 3.8) is 0 Å². The Morgan fingerprint density at radius 1 is 1.53 bits per heavy atom. The molecule has 1 aromatic rings. The zero-order chi connectivity index (χ0) is 14.4. The standard InChI is InChI=1S/C11H14N2O5S/c1-6-9(19-5-12-6)10(15)13-7(11(16)17)3-4-8(14)18-2/h5,7H,3-4H2,1-2H3,(H,13,15)(H,16,17). The van der Waals surface area contributed by atoms with Crippen molar-refractivity contribution in [2.45, 2.75) is 25.8 Å². The predicted octanol–water partition coefficient (Wildman–Crippen LogP) is 0.588. The highest BCUT2D eigenvalue weighted by atomic mass is 32.1. The monoisotopic (exact) mass is 286 g/mol. The number of ether oxygens (including phenoxy) is 1. The van der Waals surface area contributed by atoms with E-state index in [1.54, 1.807) is 6.92 Å². The van der Waals surface area contributed by atoms with E-state index in [0.717, 1.165) is 11.3 Å². The molecule has 19 heavy (non-hydrogen) atoms. The molecule has 1 unspecified atom stereocenters. The van der Waals surface area contributed by atoms with Gasteiger partial charge in [0.15, 0.2) is 0 Å². The SMILES string of the molecule is COC(=O)CCC(NC(=O)c1scnc1C)C(=O)O. The molecular formula is C11H14N2O5S. The van der Waals surface area contributed by atoms with Crippen LogP contribution in [-0.4, -0.2) is 41.1 Å². The quantitative estimate of drug-likeness (QED) is 0.741. The second kappa shape index (κ2) is 6.83. The zero-order valence-corrected chi connectivity index (χ0v) is 11.3. The molecule has 0 aliphatic heterocycles. The van der Waals surface area contributed by atoms with Crippen LogP contribution in [0.1, 0.15) is 28.2 Å². The minimum absolute atomic E-state index is 0.0222. The first-order chi connectivity index (χ1) is 8.95. The zero-order valence-electron chi connectivity index (χ0n) is 10.5. The van der Waals surface area contributed by atoms with Crippen molar-refractivity contribution in [2.75, 3.05) is 7.11 Å². The molecule has 0 aromatic carbocycles. The van der Waals surface area contributed by atoms with E-state index < -0.39 is 23.9 Å². The average Bonchev–Trinajstić information content (AvgIpc) is 2.79. The number of thiazole rings is 1. The summed E-state index contributed by atoms with van der Waals surface area (Å²) in [5.41, 5.74) is 2.05. The van der Waals surface area contributed by atoms with Crippen molar-refractivity contribution >= 4 is 29.2 Å². The van der Waals surface area contributed by atoms with Gasteiger partial charge in [-0.2, -0.15) is 0 Å². The van der Waals surface area contributed by atoms with Crippen LogP contribution in [0.25, 0.3) is 0 Å². The Balaban J connectivity index is 2.64. The minimum Gasteiger partial charge on any atom is -0.480 e. The van der Waals surface area contributed by atoms with Crippen LogP contribution in [-0.2, 0) is 14.3 Å². The molecule has 8 heteroatoms. The Hall–Kier alpha value is -1.96. The van der Waals surface area contributed by atoms with Crippen molar-refractivity contribution in [3.8, 4) is 0 Å². The van der Waals surface area contributed by atoms with E-state index in [4.69, 9.17) is 5.11 Å². The Kier molecular flexibility index (Phi) is 5.43. The van der Waals surface area contributed by atoms with Crippen LogP contribution >= 0.6 is 11.3 Å². The summed E-state index contributed by atoms with van der Waals surface area (Å²) in [4.78, 5) is 38.1. The topological polar surface area (TPSA) is 106 Å². The van der Waals surface area contributed by atoms with Gasteiger partial charge in [0.2, 0.25) is 0 Å². The van der Waals surface area contributed by atoms with E-state index in [1.807, 2.05) is 0 Å². The Morgan fingerprint density at radius 3 is 2.68 bits per heavy atom. The van der Waals surface area contributed by atoms with Gasteiger partial charge < -0.3 is 15.2 Å². The fraction of sp³-hybridized carbons (Fsp3) is 0.455. The number of carbonyl (C=O) groups excluding carboxylic acids is 2. The van der Waals surface area contributed by atoms with E-state index >= 15 is 0 Å². The summed E-state index contributed by atoms with van der Waals surface area (Å²) in [6.45, 7) is 1.66. The third kappa shape index (κ3) is 4.32. The van der Waals surface area contributed by atoms with Gasteiger partial charge in [-0.3, -0.25) is 9.59 Å². The molecule has 0 spiro atoms. The summed E-state index contributed by atoms with van der Waals surface area (Å²) in [6.07, 6.45) is -0.0962. The van der Waals surface area contributed by atoms with Crippen LogP contribution in [0.5, 0.6) is 0 Å². The number of carboxylic acid groups (broad SMARTS) is 1. The van der Waals surface area contributed by atoms with E-state index in [0.29, 0.717) is 10.6 Å². The summed E-state index contributed by atoms with van der Waals surface area (Å²) < 4.78 is 4.42. The molecule has 0 aliphatic carbocycles. The fourth-order valence-electron chi connectivity index (χ4n) is 1.37. The number of nitrogens with one attached hydrogen (secondary N) is 1. The molecule has 0 bridgehead atoms. The van der Waals surface area contributed by atoms with Gasteiger partial charge in [0, 0.05) is 6.42 Å². The van der Waals surface area contributed by atoms with Gasteiger partial charge in [-0.05, 0) is 13.3 Å². The third-order valence-electron chi connectivity index (χ3n) is 2.42. The fourth-order valence-corrected chi connectivity index (χ4v) is 2.07. The number of carboxylic acids is 1. The number of aliphatic carboxylic acids is 1. The first kappa shape index (κ1) is 15.1. The lowest BCUT2D eigenvalue weighted by Crippen LogP contribution is -2.41. The van der Waals surface area contributed by atoms with Gasteiger partial charge >= 0.3 is 11.9 Å². The molecule has 0 fully saturated rings. The first-order valence-corrected chi connectivity index (χ1v) is 6.34. The van der Waals surface area contributed by atoms with Crippen LogP contribution in [0.4, 0.5) is 0 Å². The molecule has 104 valence electrons. The van der Waals surface area contributed by atoms with Gasteiger partial charge in [0.05, 0.1) is 18.3 Å². The van der Waals surface area contributed by atoms with E-state index in [2.05, 4.69) is 15.0 Å². The van der Waals surface area contributed by atoms with Crippen LogP contribution in [0, 0.1) is 6.92 Å². The van der Waals surface area contributed by atoms with Crippen molar-refractivity contribution in [3.05, 3.63) is 16.1 Å².